The van der Waals surface area contributed by atoms with Gasteiger partial charge in [0.15, 0.2) is 0 Å². The van der Waals surface area contributed by atoms with Crippen molar-refractivity contribution in [2.24, 2.45) is 11.8 Å². The molecule has 0 saturated carbocycles. The van der Waals surface area contributed by atoms with Crippen LogP contribution in [0.4, 0.5) is 0 Å². The van der Waals surface area contributed by atoms with Crippen LogP contribution in [-0.4, -0.2) is 31.7 Å². The number of benzene rings is 1. The van der Waals surface area contributed by atoms with Gasteiger partial charge in [0, 0.05) is 18.7 Å². The molecule has 1 aliphatic heterocycles. The molecule has 7 heteroatoms. The van der Waals surface area contributed by atoms with Crippen molar-refractivity contribution >= 4 is 15.9 Å². The molecule has 1 aliphatic rings. The minimum Gasteiger partial charge on any atom is -0.290 e. The lowest BCUT2D eigenvalue weighted by Crippen LogP contribution is -2.37. The van der Waals surface area contributed by atoms with E-state index in [0.29, 0.717) is 24.6 Å². The highest BCUT2D eigenvalue weighted by molar-refractivity contribution is 7.89. The van der Waals surface area contributed by atoms with Crippen molar-refractivity contribution in [1.29, 1.82) is 0 Å². The number of hydrogen-bond acceptors (Lipinski definition) is 4. The van der Waals surface area contributed by atoms with Crippen LogP contribution >= 0.6 is 0 Å². The van der Waals surface area contributed by atoms with Gasteiger partial charge >= 0.3 is 0 Å². The van der Waals surface area contributed by atoms with Gasteiger partial charge in [-0.1, -0.05) is 6.92 Å². The van der Waals surface area contributed by atoms with Gasteiger partial charge in [0.05, 0.1) is 4.90 Å². The Kier molecular flexibility index (Phi) is 4.42. The summed E-state index contributed by atoms with van der Waals surface area (Å²) in [5.74, 6) is 5.15. The molecule has 1 aromatic rings. The van der Waals surface area contributed by atoms with Crippen molar-refractivity contribution in [3.05, 3.63) is 29.8 Å². The fourth-order valence-electron chi connectivity index (χ4n) is 2.24. The number of carbonyl (C=O) groups excluding carboxylic acids is 1. The van der Waals surface area contributed by atoms with Gasteiger partial charge in [-0.25, -0.2) is 14.3 Å². The number of sulfonamides is 1. The van der Waals surface area contributed by atoms with Gasteiger partial charge < -0.3 is 0 Å². The molecule has 0 spiro atoms. The van der Waals surface area contributed by atoms with Crippen molar-refractivity contribution in [3.8, 4) is 0 Å². The predicted molar refractivity (Wildman–Crippen MR) is 75.3 cm³/mol. The highest BCUT2D eigenvalue weighted by Gasteiger charge is 2.27. The third-order valence-electron chi connectivity index (χ3n) is 3.63. The number of nitrogens with two attached hydrogens (primary N) is 1. The molecule has 0 atom stereocenters. The Hall–Kier alpha value is -1.44. The fraction of sp³-hybridized carbons (Fsp3) is 0.462. The maximum absolute atomic E-state index is 12.4. The second-order valence-electron chi connectivity index (χ2n) is 5.08. The minimum atomic E-state index is -3.46. The number of hydrazine groups is 1. The van der Waals surface area contributed by atoms with Crippen LogP contribution in [0.5, 0.6) is 0 Å². The maximum Gasteiger partial charge on any atom is 0.265 e. The zero-order valence-corrected chi connectivity index (χ0v) is 12.2. The summed E-state index contributed by atoms with van der Waals surface area (Å²) in [5.41, 5.74) is 2.34. The SMILES string of the molecule is CC1CCN(S(=O)(=O)c2ccc(C(=O)NN)cc2)CC1. The number of amides is 1. The van der Waals surface area contributed by atoms with Crippen LogP contribution in [-0.2, 0) is 10.0 Å². The van der Waals surface area contributed by atoms with E-state index in [0.717, 1.165) is 12.8 Å². The third kappa shape index (κ3) is 3.00. The molecule has 1 saturated heterocycles. The van der Waals surface area contributed by atoms with Crippen LogP contribution in [0, 0.1) is 5.92 Å². The molecule has 0 bridgehead atoms. The van der Waals surface area contributed by atoms with Crippen molar-refractivity contribution < 1.29 is 13.2 Å². The monoisotopic (exact) mass is 297 g/mol. The molecular weight excluding hydrogens is 278 g/mol. The zero-order valence-electron chi connectivity index (χ0n) is 11.4. The quantitative estimate of drug-likeness (QED) is 0.488. The number of hydrogen-bond donors (Lipinski definition) is 2. The lowest BCUT2D eigenvalue weighted by atomic mass is 10.0. The first kappa shape index (κ1) is 15.0. The molecular formula is C13H19N3O3S. The number of nitrogens with zero attached hydrogens (tertiary/aromatic N) is 1. The Morgan fingerprint density at radius 2 is 1.80 bits per heavy atom. The van der Waals surface area contributed by atoms with Gasteiger partial charge in [-0.15, -0.1) is 0 Å². The summed E-state index contributed by atoms with van der Waals surface area (Å²) in [6.07, 6.45) is 1.76. The average Bonchev–Trinajstić information content (AvgIpc) is 2.47. The molecule has 1 amide bonds. The van der Waals surface area contributed by atoms with Gasteiger partial charge in [-0.3, -0.25) is 10.2 Å². The third-order valence-corrected chi connectivity index (χ3v) is 5.54. The second kappa shape index (κ2) is 5.90. The smallest absolute Gasteiger partial charge is 0.265 e. The molecule has 0 aromatic heterocycles. The predicted octanol–water partition coefficient (Wildman–Crippen LogP) is 0.711. The van der Waals surface area contributed by atoms with Crippen LogP contribution in [0.3, 0.4) is 0 Å². The van der Waals surface area contributed by atoms with Gasteiger partial charge in [-0.2, -0.15) is 4.31 Å². The maximum atomic E-state index is 12.4. The standard InChI is InChI=1S/C13H19N3O3S/c1-10-6-8-16(9-7-10)20(18,19)12-4-2-11(3-5-12)13(17)15-14/h2-5,10H,6-9,14H2,1H3,(H,15,17). The summed E-state index contributed by atoms with van der Waals surface area (Å²) in [4.78, 5) is 11.5. The van der Waals surface area contributed by atoms with Crippen molar-refractivity contribution in [2.75, 3.05) is 13.1 Å². The molecule has 2 rings (SSSR count). The molecule has 0 aliphatic carbocycles. The summed E-state index contributed by atoms with van der Waals surface area (Å²) < 4.78 is 26.4. The molecule has 1 fully saturated rings. The Balaban J connectivity index is 2.19. The van der Waals surface area contributed by atoms with Gasteiger partial charge in [-0.05, 0) is 43.0 Å². The lowest BCUT2D eigenvalue weighted by Gasteiger charge is -2.29. The normalized spacial score (nSPS) is 17.9. The van der Waals surface area contributed by atoms with Crippen molar-refractivity contribution in [3.63, 3.8) is 0 Å². The molecule has 1 heterocycles. The Bertz CT molecular complexity index is 575. The van der Waals surface area contributed by atoms with Crippen LogP contribution in [0.2, 0.25) is 0 Å². The van der Waals surface area contributed by atoms with E-state index in [4.69, 9.17) is 5.84 Å². The first-order chi connectivity index (χ1) is 9.45. The Morgan fingerprint density at radius 1 is 1.25 bits per heavy atom. The van der Waals surface area contributed by atoms with E-state index >= 15 is 0 Å². The Labute approximate surface area is 119 Å². The van der Waals surface area contributed by atoms with Crippen LogP contribution in [0.25, 0.3) is 0 Å². The van der Waals surface area contributed by atoms with E-state index < -0.39 is 15.9 Å². The van der Waals surface area contributed by atoms with Crippen LogP contribution in [0.15, 0.2) is 29.2 Å². The number of carbonyl (C=O) groups is 1. The van der Waals surface area contributed by atoms with E-state index in [2.05, 4.69) is 6.92 Å². The van der Waals surface area contributed by atoms with E-state index in [1.165, 1.54) is 28.6 Å². The topological polar surface area (TPSA) is 92.5 Å². The van der Waals surface area contributed by atoms with Crippen LogP contribution < -0.4 is 11.3 Å². The van der Waals surface area contributed by atoms with E-state index in [1.807, 2.05) is 5.43 Å². The zero-order chi connectivity index (χ0) is 14.8. The number of rotatable bonds is 3. The molecule has 0 radical (unpaired) electrons. The number of nitrogen functional groups attached to an aromatic ring is 1. The van der Waals surface area contributed by atoms with Gasteiger partial charge in [0.1, 0.15) is 0 Å². The van der Waals surface area contributed by atoms with E-state index in [1.54, 1.807) is 0 Å². The summed E-state index contributed by atoms with van der Waals surface area (Å²) in [6, 6.07) is 5.80. The first-order valence-corrected chi connectivity index (χ1v) is 8.00. The molecule has 6 nitrogen and oxygen atoms in total. The number of piperidine rings is 1. The summed E-state index contributed by atoms with van der Waals surface area (Å²) >= 11 is 0. The van der Waals surface area contributed by atoms with Crippen molar-refractivity contribution in [2.45, 2.75) is 24.7 Å². The van der Waals surface area contributed by atoms with Gasteiger partial charge in [0.25, 0.3) is 5.91 Å². The number of nitrogens with one attached hydrogen (secondary N) is 1. The highest BCUT2D eigenvalue weighted by atomic mass is 32.2. The Morgan fingerprint density at radius 3 is 2.30 bits per heavy atom. The molecule has 0 unspecified atom stereocenters. The first-order valence-electron chi connectivity index (χ1n) is 6.56. The van der Waals surface area contributed by atoms with Crippen molar-refractivity contribution in [1.82, 2.24) is 9.73 Å². The van der Waals surface area contributed by atoms with Gasteiger partial charge in [0.2, 0.25) is 10.0 Å². The average molecular weight is 297 g/mol. The summed E-state index contributed by atoms with van der Waals surface area (Å²) in [6.45, 7) is 3.23. The van der Waals surface area contributed by atoms with E-state index in [-0.39, 0.29) is 4.90 Å². The lowest BCUT2D eigenvalue weighted by molar-refractivity contribution is 0.0953. The molecule has 110 valence electrons. The molecule has 1 aromatic carbocycles. The summed E-state index contributed by atoms with van der Waals surface area (Å²) in [7, 11) is -3.46. The summed E-state index contributed by atoms with van der Waals surface area (Å²) in [5, 5.41) is 0. The molecule has 20 heavy (non-hydrogen) atoms. The van der Waals surface area contributed by atoms with Crippen LogP contribution in [0.1, 0.15) is 30.1 Å². The largest absolute Gasteiger partial charge is 0.290 e. The van der Waals surface area contributed by atoms with E-state index in [9.17, 15) is 13.2 Å². The fourth-order valence-corrected chi connectivity index (χ4v) is 3.71. The molecule has 3 N–H and O–H groups in total. The highest BCUT2D eigenvalue weighted by Crippen LogP contribution is 2.23. The second-order valence-corrected chi connectivity index (χ2v) is 7.02. The minimum absolute atomic E-state index is 0.209.